The van der Waals surface area contributed by atoms with Gasteiger partial charge in [-0.15, -0.1) is 0 Å². The number of nitrogens with one attached hydrogen (secondary N) is 1. The van der Waals surface area contributed by atoms with Crippen LogP contribution in [0.5, 0.6) is 0 Å². The summed E-state index contributed by atoms with van der Waals surface area (Å²) in [6, 6.07) is 7.97. The summed E-state index contributed by atoms with van der Waals surface area (Å²) in [7, 11) is 0. The monoisotopic (exact) mass is 301 g/mol. The molecule has 1 N–H and O–H groups in total. The maximum absolute atomic E-state index is 12.3. The third-order valence-electron chi connectivity index (χ3n) is 3.84. The predicted molar refractivity (Wildman–Crippen MR) is 86.9 cm³/mol. The van der Waals surface area contributed by atoms with Crippen LogP contribution in [-0.4, -0.2) is 34.6 Å². The van der Waals surface area contributed by atoms with Crippen LogP contribution in [0, 0.1) is 5.92 Å². The lowest BCUT2D eigenvalue weighted by atomic mass is 9.98. The predicted octanol–water partition coefficient (Wildman–Crippen LogP) is 3.12. The van der Waals surface area contributed by atoms with Crippen LogP contribution >= 0.6 is 0 Å². The van der Waals surface area contributed by atoms with Crippen molar-refractivity contribution in [3.63, 3.8) is 0 Å². The molecule has 1 aromatic carbocycles. The number of carbonyl (C=O) groups excluding carboxylic acids is 1. The molecule has 1 aliphatic heterocycles. The van der Waals surface area contributed by atoms with Crippen LogP contribution in [-0.2, 0) is 9.53 Å². The molecule has 1 fully saturated rings. The normalized spacial score (nSPS) is 19.4. The first kappa shape index (κ1) is 14.9. The van der Waals surface area contributed by atoms with Crippen LogP contribution in [0.3, 0.4) is 0 Å². The molecule has 1 atom stereocenters. The summed E-state index contributed by atoms with van der Waals surface area (Å²) < 4.78 is 5.52. The van der Waals surface area contributed by atoms with E-state index in [0.717, 1.165) is 36.4 Å². The third-order valence-corrected chi connectivity index (χ3v) is 3.84. The second-order valence-corrected chi connectivity index (χ2v) is 6.90. The van der Waals surface area contributed by atoms with Crippen LogP contribution in [0.4, 0.5) is 5.95 Å². The zero-order chi connectivity index (χ0) is 15.7. The van der Waals surface area contributed by atoms with Gasteiger partial charge in [-0.3, -0.25) is 4.79 Å². The number of anilines is 1. The highest BCUT2D eigenvalue weighted by Gasteiger charge is 2.30. The van der Waals surface area contributed by atoms with Gasteiger partial charge in [-0.1, -0.05) is 12.1 Å². The fourth-order valence-electron chi connectivity index (χ4n) is 2.84. The number of piperidine rings is 1. The van der Waals surface area contributed by atoms with Crippen molar-refractivity contribution in [2.45, 2.75) is 39.2 Å². The number of rotatable bonds is 2. The van der Waals surface area contributed by atoms with Gasteiger partial charge in [0.25, 0.3) is 0 Å². The van der Waals surface area contributed by atoms with Gasteiger partial charge in [-0.25, -0.2) is 4.98 Å². The molecule has 5 nitrogen and oxygen atoms in total. The number of esters is 1. The Kier molecular flexibility index (Phi) is 3.81. The molecule has 2 aromatic rings. The molecule has 0 aliphatic carbocycles. The van der Waals surface area contributed by atoms with Crippen molar-refractivity contribution < 1.29 is 9.53 Å². The molecule has 3 rings (SSSR count). The van der Waals surface area contributed by atoms with E-state index in [2.05, 4.69) is 14.9 Å². The third kappa shape index (κ3) is 3.24. The van der Waals surface area contributed by atoms with Gasteiger partial charge >= 0.3 is 5.97 Å². The largest absolute Gasteiger partial charge is 0.460 e. The number of H-pyrrole nitrogens is 1. The Morgan fingerprint density at radius 1 is 1.36 bits per heavy atom. The molecule has 0 amide bonds. The van der Waals surface area contributed by atoms with E-state index < -0.39 is 5.60 Å². The van der Waals surface area contributed by atoms with Gasteiger partial charge in [-0.2, -0.15) is 0 Å². The number of hydrogen-bond acceptors (Lipinski definition) is 4. The van der Waals surface area contributed by atoms with Crippen LogP contribution in [0.1, 0.15) is 33.6 Å². The molecular formula is C17H23N3O2. The number of aromatic nitrogens is 2. The highest BCUT2D eigenvalue weighted by Crippen LogP contribution is 2.25. The smallest absolute Gasteiger partial charge is 0.311 e. The van der Waals surface area contributed by atoms with Crippen molar-refractivity contribution in [2.75, 3.05) is 18.0 Å². The van der Waals surface area contributed by atoms with E-state index in [4.69, 9.17) is 4.74 Å². The fraction of sp³-hybridized carbons (Fsp3) is 0.529. The lowest BCUT2D eigenvalue weighted by Crippen LogP contribution is -2.41. The molecular weight excluding hydrogens is 278 g/mol. The van der Waals surface area contributed by atoms with Crippen LogP contribution < -0.4 is 4.90 Å². The first-order valence-electron chi connectivity index (χ1n) is 7.85. The quantitative estimate of drug-likeness (QED) is 0.866. The summed E-state index contributed by atoms with van der Waals surface area (Å²) in [5, 5.41) is 0. The summed E-state index contributed by atoms with van der Waals surface area (Å²) in [6.45, 7) is 7.30. The number of benzene rings is 1. The number of fused-ring (bicyclic) bond motifs is 1. The number of nitrogens with zero attached hydrogens (tertiary/aromatic N) is 2. The Morgan fingerprint density at radius 2 is 2.14 bits per heavy atom. The molecule has 0 bridgehead atoms. The van der Waals surface area contributed by atoms with E-state index in [1.54, 1.807) is 0 Å². The zero-order valence-electron chi connectivity index (χ0n) is 13.4. The highest BCUT2D eigenvalue weighted by atomic mass is 16.6. The fourth-order valence-corrected chi connectivity index (χ4v) is 2.84. The van der Waals surface area contributed by atoms with Crippen LogP contribution in [0.15, 0.2) is 24.3 Å². The maximum atomic E-state index is 12.3. The molecule has 22 heavy (non-hydrogen) atoms. The van der Waals surface area contributed by atoms with E-state index in [1.807, 2.05) is 45.0 Å². The number of aromatic amines is 1. The van der Waals surface area contributed by atoms with Gasteiger partial charge < -0.3 is 14.6 Å². The van der Waals surface area contributed by atoms with E-state index in [1.165, 1.54) is 0 Å². The molecule has 1 unspecified atom stereocenters. The van der Waals surface area contributed by atoms with E-state index in [9.17, 15) is 4.79 Å². The van der Waals surface area contributed by atoms with Crippen molar-refractivity contribution in [1.82, 2.24) is 9.97 Å². The standard InChI is InChI=1S/C17H23N3O2/c1-17(2,3)22-15(21)12-7-6-10-20(11-12)16-18-13-8-4-5-9-14(13)19-16/h4-5,8-9,12H,6-7,10-11H2,1-3H3,(H,18,19). The molecule has 5 heteroatoms. The number of para-hydroxylation sites is 2. The zero-order valence-corrected chi connectivity index (χ0v) is 13.4. The topological polar surface area (TPSA) is 58.2 Å². The first-order valence-corrected chi connectivity index (χ1v) is 7.85. The van der Waals surface area contributed by atoms with Gasteiger partial charge in [0.2, 0.25) is 5.95 Å². The SMILES string of the molecule is CC(C)(C)OC(=O)C1CCCN(c2nc3ccccc3[nH]2)C1. The Labute approximate surface area is 130 Å². The van der Waals surface area contributed by atoms with Crippen molar-refractivity contribution >= 4 is 23.0 Å². The highest BCUT2D eigenvalue weighted by molar-refractivity contribution is 5.78. The molecule has 0 spiro atoms. The Balaban J connectivity index is 1.74. The molecule has 0 saturated carbocycles. The minimum atomic E-state index is -0.432. The second kappa shape index (κ2) is 5.63. The van der Waals surface area contributed by atoms with E-state index >= 15 is 0 Å². The van der Waals surface area contributed by atoms with Crippen molar-refractivity contribution in [2.24, 2.45) is 5.92 Å². The van der Waals surface area contributed by atoms with Crippen molar-refractivity contribution in [1.29, 1.82) is 0 Å². The van der Waals surface area contributed by atoms with Gasteiger partial charge in [0, 0.05) is 13.1 Å². The number of carbonyl (C=O) groups is 1. The van der Waals surface area contributed by atoms with Crippen molar-refractivity contribution in [3.05, 3.63) is 24.3 Å². The minimum Gasteiger partial charge on any atom is -0.460 e. The van der Waals surface area contributed by atoms with E-state index in [0.29, 0.717) is 6.54 Å². The van der Waals surface area contributed by atoms with Gasteiger partial charge in [0.15, 0.2) is 0 Å². The summed E-state index contributed by atoms with van der Waals surface area (Å²) in [5.41, 5.74) is 1.55. The van der Waals surface area contributed by atoms with Gasteiger partial charge in [-0.05, 0) is 45.7 Å². The number of hydrogen-bond donors (Lipinski definition) is 1. The lowest BCUT2D eigenvalue weighted by molar-refractivity contribution is -0.160. The summed E-state index contributed by atoms with van der Waals surface area (Å²) in [5.74, 6) is 0.656. The molecule has 118 valence electrons. The second-order valence-electron chi connectivity index (χ2n) is 6.90. The van der Waals surface area contributed by atoms with E-state index in [-0.39, 0.29) is 11.9 Å². The van der Waals surface area contributed by atoms with Gasteiger partial charge in [0.05, 0.1) is 17.0 Å². The number of ether oxygens (including phenoxy) is 1. The molecule has 2 heterocycles. The Morgan fingerprint density at radius 3 is 2.86 bits per heavy atom. The Bertz CT molecular complexity index is 639. The average Bonchev–Trinajstić information content (AvgIpc) is 2.89. The maximum Gasteiger partial charge on any atom is 0.311 e. The summed E-state index contributed by atoms with van der Waals surface area (Å²) >= 11 is 0. The van der Waals surface area contributed by atoms with Crippen LogP contribution in [0.2, 0.25) is 0 Å². The average molecular weight is 301 g/mol. The number of imidazole rings is 1. The first-order chi connectivity index (χ1) is 10.4. The minimum absolute atomic E-state index is 0.0822. The van der Waals surface area contributed by atoms with Crippen LogP contribution in [0.25, 0.3) is 11.0 Å². The Hall–Kier alpha value is -2.04. The van der Waals surface area contributed by atoms with Gasteiger partial charge in [0.1, 0.15) is 5.60 Å². The molecule has 1 aliphatic rings. The lowest BCUT2D eigenvalue weighted by Gasteiger charge is -2.32. The van der Waals surface area contributed by atoms with Crippen molar-refractivity contribution in [3.8, 4) is 0 Å². The molecule has 1 aromatic heterocycles. The summed E-state index contributed by atoms with van der Waals surface area (Å²) in [6.07, 6.45) is 1.85. The molecule has 0 radical (unpaired) electrons. The molecule has 1 saturated heterocycles. The summed E-state index contributed by atoms with van der Waals surface area (Å²) in [4.78, 5) is 22.4.